The molecule has 1 aromatic heterocycles. The van der Waals surface area contributed by atoms with E-state index >= 15 is 0 Å². The van der Waals surface area contributed by atoms with E-state index in [9.17, 15) is 14.0 Å². The molecule has 0 bridgehead atoms. The van der Waals surface area contributed by atoms with E-state index in [0.717, 1.165) is 17.2 Å². The minimum atomic E-state index is -0.540. The Morgan fingerprint density at radius 2 is 1.63 bits per heavy atom. The van der Waals surface area contributed by atoms with E-state index < -0.39 is 17.6 Å². The highest BCUT2D eigenvalue weighted by molar-refractivity contribution is 6.16. The third-order valence-electron chi connectivity index (χ3n) is 4.89. The maximum Gasteiger partial charge on any atom is 0.293 e. The van der Waals surface area contributed by atoms with Crippen LogP contribution in [-0.2, 0) is 0 Å². The van der Waals surface area contributed by atoms with Gasteiger partial charge in [0.1, 0.15) is 17.1 Å². The lowest BCUT2D eigenvalue weighted by molar-refractivity contribution is 0.0999. The van der Waals surface area contributed by atoms with Gasteiger partial charge in [-0.15, -0.1) is 0 Å². The molecule has 0 unspecified atom stereocenters. The van der Waals surface area contributed by atoms with Gasteiger partial charge in [0.15, 0.2) is 0 Å². The summed E-state index contributed by atoms with van der Waals surface area (Å²) < 4.78 is 19.3. The lowest BCUT2D eigenvalue weighted by atomic mass is 10.1. The molecule has 0 radical (unpaired) electrons. The van der Waals surface area contributed by atoms with Gasteiger partial charge in [-0.3, -0.25) is 9.59 Å². The zero-order valence-electron chi connectivity index (χ0n) is 16.5. The number of aryl methyl sites for hydroxylation is 2. The molecular weight excluding hydrogens is 383 g/mol. The molecule has 0 spiro atoms. The van der Waals surface area contributed by atoms with E-state index in [1.54, 1.807) is 30.3 Å². The monoisotopic (exact) mass is 402 g/mol. The van der Waals surface area contributed by atoms with Crippen LogP contribution in [0.4, 0.5) is 15.8 Å². The Balaban J connectivity index is 1.70. The summed E-state index contributed by atoms with van der Waals surface area (Å²) in [7, 11) is 0. The number of carbonyl (C=O) groups is 2. The van der Waals surface area contributed by atoms with Crippen LogP contribution in [0.25, 0.3) is 11.0 Å². The summed E-state index contributed by atoms with van der Waals surface area (Å²) in [6.07, 6.45) is 0. The minimum absolute atomic E-state index is 0.0285. The number of para-hydroxylation sites is 1. The number of benzene rings is 3. The van der Waals surface area contributed by atoms with Gasteiger partial charge in [0.05, 0.1) is 0 Å². The van der Waals surface area contributed by atoms with Crippen molar-refractivity contribution in [1.29, 1.82) is 0 Å². The Morgan fingerprint density at radius 1 is 0.833 bits per heavy atom. The van der Waals surface area contributed by atoms with Gasteiger partial charge >= 0.3 is 0 Å². The molecule has 0 fully saturated rings. The summed E-state index contributed by atoms with van der Waals surface area (Å²) in [6.45, 7) is 3.94. The van der Waals surface area contributed by atoms with Gasteiger partial charge in [-0.25, -0.2) is 4.39 Å². The molecule has 0 atom stereocenters. The summed E-state index contributed by atoms with van der Waals surface area (Å²) in [5.74, 6) is -1.59. The van der Waals surface area contributed by atoms with Gasteiger partial charge in [-0.2, -0.15) is 0 Å². The van der Waals surface area contributed by atoms with E-state index in [1.165, 1.54) is 18.2 Å². The van der Waals surface area contributed by atoms with Gasteiger partial charge in [0.25, 0.3) is 11.8 Å². The summed E-state index contributed by atoms with van der Waals surface area (Å²) >= 11 is 0. The number of carbonyl (C=O) groups excluding carboxylic acids is 2. The van der Waals surface area contributed by atoms with Crippen molar-refractivity contribution in [1.82, 2.24) is 0 Å². The normalized spacial score (nSPS) is 10.8. The van der Waals surface area contributed by atoms with Crippen molar-refractivity contribution in [2.45, 2.75) is 13.8 Å². The molecule has 4 aromatic rings. The average molecular weight is 402 g/mol. The van der Waals surface area contributed by atoms with Crippen LogP contribution in [0.5, 0.6) is 0 Å². The molecule has 0 saturated heterocycles. The molecule has 2 N–H and O–H groups in total. The van der Waals surface area contributed by atoms with Gasteiger partial charge < -0.3 is 15.1 Å². The van der Waals surface area contributed by atoms with Crippen LogP contribution in [0.1, 0.15) is 32.0 Å². The second-order valence-electron chi connectivity index (χ2n) is 7.02. The number of hydrogen-bond acceptors (Lipinski definition) is 3. The first kappa shape index (κ1) is 19.4. The van der Waals surface area contributed by atoms with Crippen molar-refractivity contribution in [2.75, 3.05) is 10.6 Å². The Hall–Kier alpha value is -3.93. The molecular formula is C24H19FN2O3. The van der Waals surface area contributed by atoms with E-state index in [0.29, 0.717) is 16.7 Å². The molecule has 6 heteroatoms. The topological polar surface area (TPSA) is 71.3 Å². The van der Waals surface area contributed by atoms with Crippen LogP contribution in [0.3, 0.4) is 0 Å². The average Bonchev–Trinajstić information content (AvgIpc) is 3.09. The fourth-order valence-electron chi connectivity index (χ4n) is 3.15. The smallest absolute Gasteiger partial charge is 0.293 e. The van der Waals surface area contributed by atoms with Crippen LogP contribution < -0.4 is 10.6 Å². The number of halogens is 1. The molecule has 2 amide bonds. The summed E-state index contributed by atoms with van der Waals surface area (Å²) in [5.41, 5.74) is 3.60. The first-order valence-corrected chi connectivity index (χ1v) is 9.39. The SMILES string of the molecule is Cc1ccc(NC(=O)c2oc3ccccc3c2NC(=O)c2cccc(F)c2)cc1C. The Morgan fingerprint density at radius 3 is 2.40 bits per heavy atom. The molecule has 4 rings (SSSR count). The van der Waals surface area contributed by atoms with Crippen molar-refractivity contribution in [3.63, 3.8) is 0 Å². The summed E-state index contributed by atoms with van der Waals surface area (Å²) in [6, 6.07) is 17.9. The van der Waals surface area contributed by atoms with Gasteiger partial charge in [-0.1, -0.05) is 24.3 Å². The van der Waals surface area contributed by atoms with E-state index in [1.807, 2.05) is 26.0 Å². The lowest BCUT2D eigenvalue weighted by Crippen LogP contribution is -2.17. The van der Waals surface area contributed by atoms with Crippen molar-refractivity contribution in [3.05, 3.63) is 95.0 Å². The third kappa shape index (κ3) is 3.80. The second kappa shape index (κ2) is 7.83. The van der Waals surface area contributed by atoms with Gasteiger partial charge in [-0.05, 0) is 67.4 Å². The van der Waals surface area contributed by atoms with Crippen LogP contribution >= 0.6 is 0 Å². The van der Waals surface area contributed by atoms with Crippen LogP contribution in [0.15, 0.2) is 71.1 Å². The van der Waals surface area contributed by atoms with Gasteiger partial charge in [0.2, 0.25) is 5.76 Å². The van der Waals surface area contributed by atoms with Crippen molar-refractivity contribution >= 4 is 34.2 Å². The van der Waals surface area contributed by atoms with Crippen molar-refractivity contribution in [2.24, 2.45) is 0 Å². The highest BCUT2D eigenvalue weighted by Gasteiger charge is 2.23. The van der Waals surface area contributed by atoms with Crippen LogP contribution in [0, 0.1) is 19.7 Å². The molecule has 3 aromatic carbocycles. The maximum absolute atomic E-state index is 13.5. The molecule has 0 aliphatic rings. The molecule has 0 aliphatic carbocycles. The Kier molecular flexibility index (Phi) is 5.06. The quantitative estimate of drug-likeness (QED) is 0.460. The number of anilines is 2. The van der Waals surface area contributed by atoms with Crippen LogP contribution in [0.2, 0.25) is 0 Å². The summed E-state index contributed by atoms with van der Waals surface area (Å²) in [4.78, 5) is 25.6. The zero-order chi connectivity index (χ0) is 21.3. The first-order chi connectivity index (χ1) is 14.4. The predicted molar refractivity (Wildman–Crippen MR) is 114 cm³/mol. The molecule has 0 aliphatic heterocycles. The fourth-order valence-corrected chi connectivity index (χ4v) is 3.15. The molecule has 0 saturated carbocycles. The van der Waals surface area contributed by atoms with E-state index in [-0.39, 0.29) is 17.0 Å². The molecule has 1 heterocycles. The van der Waals surface area contributed by atoms with Crippen molar-refractivity contribution in [3.8, 4) is 0 Å². The van der Waals surface area contributed by atoms with Gasteiger partial charge in [0, 0.05) is 16.6 Å². The maximum atomic E-state index is 13.5. The first-order valence-electron chi connectivity index (χ1n) is 9.39. The largest absolute Gasteiger partial charge is 0.449 e. The van der Waals surface area contributed by atoms with Crippen LogP contribution in [-0.4, -0.2) is 11.8 Å². The number of furan rings is 1. The lowest BCUT2D eigenvalue weighted by Gasteiger charge is -2.09. The fraction of sp³-hybridized carbons (Fsp3) is 0.0833. The van der Waals surface area contributed by atoms with Crippen molar-refractivity contribution < 1.29 is 18.4 Å². The third-order valence-corrected chi connectivity index (χ3v) is 4.89. The number of rotatable bonds is 4. The Labute approximate surface area is 172 Å². The predicted octanol–water partition coefficient (Wildman–Crippen LogP) is 5.69. The molecule has 150 valence electrons. The number of amides is 2. The molecule has 30 heavy (non-hydrogen) atoms. The second-order valence-corrected chi connectivity index (χ2v) is 7.02. The summed E-state index contributed by atoms with van der Waals surface area (Å²) in [5, 5.41) is 6.09. The zero-order valence-corrected chi connectivity index (χ0v) is 16.5. The standard InChI is InChI=1S/C24H19FN2O3/c1-14-10-11-18(12-15(14)2)26-24(29)22-21(19-8-3-4-9-20(19)30-22)27-23(28)16-6-5-7-17(25)13-16/h3-13H,1-2H3,(H,26,29)(H,27,28). The number of hydrogen-bond donors (Lipinski definition) is 2. The van der Waals surface area contributed by atoms with E-state index in [4.69, 9.17) is 4.42 Å². The van der Waals surface area contributed by atoms with E-state index in [2.05, 4.69) is 10.6 Å². The molecule has 5 nitrogen and oxygen atoms in total. The number of fused-ring (bicyclic) bond motifs is 1. The highest BCUT2D eigenvalue weighted by Crippen LogP contribution is 2.32. The highest BCUT2D eigenvalue weighted by atomic mass is 19.1. The Bertz CT molecular complexity index is 1280. The minimum Gasteiger partial charge on any atom is -0.449 e. The number of nitrogens with one attached hydrogen (secondary N) is 2.